The molecule has 2 amide bonds. The first-order chi connectivity index (χ1) is 19.9. The number of ether oxygens (including phenoxy) is 1. The van der Waals surface area contributed by atoms with Gasteiger partial charge in [-0.1, -0.05) is 18.2 Å². The number of rotatable bonds is 8. The maximum absolute atomic E-state index is 12.6. The van der Waals surface area contributed by atoms with Crippen molar-refractivity contribution in [3.63, 3.8) is 0 Å². The summed E-state index contributed by atoms with van der Waals surface area (Å²) in [5.41, 5.74) is 6.66. The van der Waals surface area contributed by atoms with Crippen LogP contribution < -0.4 is 4.74 Å². The molecule has 9 heteroatoms. The second kappa shape index (κ2) is 11.4. The van der Waals surface area contributed by atoms with E-state index in [0.717, 1.165) is 51.2 Å². The summed E-state index contributed by atoms with van der Waals surface area (Å²) in [6, 6.07) is 18.1. The fraction of sp³-hybridized carbons (Fsp3) is 0.312. The van der Waals surface area contributed by atoms with E-state index in [9.17, 15) is 9.59 Å². The van der Waals surface area contributed by atoms with Gasteiger partial charge in [-0.15, -0.1) is 0 Å². The van der Waals surface area contributed by atoms with Crippen LogP contribution in [-0.2, 0) is 17.9 Å². The number of fused-ring (bicyclic) bond motifs is 1. The van der Waals surface area contributed by atoms with Crippen LogP contribution in [0.5, 0.6) is 5.75 Å². The highest BCUT2D eigenvalue weighted by Crippen LogP contribution is 2.36. The van der Waals surface area contributed by atoms with Gasteiger partial charge in [-0.25, -0.2) is 0 Å². The van der Waals surface area contributed by atoms with Gasteiger partial charge in [-0.2, -0.15) is 17.7 Å². The van der Waals surface area contributed by atoms with Crippen LogP contribution in [0.3, 0.4) is 0 Å². The van der Waals surface area contributed by atoms with Crippen LogP contribution in [-0.4, -0.2) is 61.8 Å². The van der Waals surface area contributed by atoms with E-state index in [1.165, 1.54) is 0 Å². The third-order valence-electron chi connectivity index (χ3n) is 7.96. The molecule has 2 aromatic carbocycles. The molecule has 0 spiro atoms. The van der Waals surface area contributed by atoms with Crippen LogP contribution in [0.2, 0.25) is 0 Å². The van der Waals surface area contributed by atoms with Crippen molar-refractivity contribution in [1.82, 2.24) is 24.6 Å². The molecule has 0 bridgehead atoms. The Bertz CT molecular complexity index is 1590. The van der Waals surface area contributed by atoms with E-state index in [2.05, 4.69) is 36.8 Å². The lowest BCUT2D eigenvalue weighted by atomic mass is 10.0. The summed E-state index contributed by atoms with van der Waals surface area (Å²) >= 11 is 4.24. The Morgan fingerprint density at radius 2 is 1.90 bits per heavy atom. The molecular weight excluding hydrogens is 534 g/mol. The van der Waals surface area contributed by atoms with Gasteiger partial charge in [0, 0.05) is 67.9 Å². The third-order valence-corrected chi connectivity index (χ3v) is 8.19. The SMILES string of the molecule is C[C@@H]1C[C@H](n2cc(-c3ccncc3)c(-c3cccc(OCc4ccc5c(c4)CN(C)C5=O)c3)n2)CN1C(=O)CCS. The molecule has 0 N–H and O–H groups in total. The van der Waals surface area contributed by atoms with E-state index in [4.69, 9.17) is 9.84 Å². The number of hydrogen-bond acceptors (Lipinski definition) is 6. The van der Waals surface area contributed by atoms with Gasteiger partial charge in [0.2, 0.25) is 5.91 Å². The zero-order valence-electron chi connectivity index (χ0n) is 23.2. The van der Waals surface area contributed by atoms with E-state index in [1.807, 2.05) is 65.2 Å². The molecule has 2 atom stereocenters. The van der Waals surface area contributed by atoms with Crippen LogP contribution >= 0.6 is 12.6 Å². The third kappa shape index (κ3) is 5.46. The molecule has 2 aromatic heterocycles. The molecule has 2 aliphatic rings. The Morgan fingerprint density at radius 3 is 2.71 bits per heavy atom. The molecule has 4 aromatic rings. The molecule has 0 radical (unpaired) electrons. The van der Waals surface area contributed by atoms with Gasteiger partial charge in [-0.3, -0.25) is 19.3 Å². The number of carbonyl (C=O) groups excluding carboxylic acids is 2. The molecule has 41 heavy (non-hydrogen) atoms. The molecule has 8 nitrogen and oxygen atoms in total. The van der Waals surface area contributed by atoms with Gasteiger partial charge < -0.3 is 14.5 Å². The van der Waals surface area contributed by atoms with Gasteiger partial charge in [0.05, 0.1) is 6.04 Å². The second-order valence-electron chi connectivity index (χ2n) is 10.8. The van der Waals surface area contributed by atoms with Crippen molar-refractivity contribution >= 4 is 24.4 Å². The topological polar surface area (TPSA) is 80.6 Å². The molecule has 1 fully saturated rings. The lowest BCUT2D eigenvalue weighted by Crippen LogP contribution is -2.34. The average Bonchev–Trinajstić information content (AvgIpc) is 3.68. The zero-order chi connectivity index (χ0) is 28.5. The van der Waals surface area contributed by atoms with Crippen molar-refractivity contribution < 1.29 is 14.3 Å². The van der Waals surface area contributed by atoms with Crippen LogP contribution in [0.15, 0.2) is 73.2 Å². The number of nitrogens with zero attached hydrogens (tertiary/aromatic N) is 5. The monoisotopic (exact) mass is 567 g/mol. The van der Waals surface area contributed by atoms with Gasteiger partial charge in [0.25, 0.3) is 5.91 Å². The molecule has 2 aliphatic heterocycles. The number of likely N-dealkylation sites (tertiary alicyclic amines) is 1. The fourth-order valence-corrected chi connectivity index (χ4v) is 6.02. The van der Waals surface area contributed by atoms with Crippen molar-refractivity contribution in [2.45, 2.75) is 45.0 Å². The van der Waals surface area contributed by atoms with Gasteiger partial charge in [-0.05, 0) is 72.2 Å². The Kier molecular flexibility index (Phi) is 7.53. The van der Waals surface area contributed by atoms with Crippen molar-refractivity contribution in [3.05, 3.63) is 89.9 Å². The quantitative estimate of drug-likeness (QED) is 0.294. The highest BCUT2D eigenvalue weighted by Gasteiger charge is 2.34. The number of carbonyl (C=O) groups is 2. The average molecular weight is 568 g/mol. The summed E-state index contributed by atoms with van der Waals surface area (Å²) in [6.45, 7) is 3.76. The standard InChI is InChI=1S/C32H33N5O3S/c1-21-14-26(18-36(21)30(38)10-13-41)37-19-29(23-8-11-33-12-9-23)31(34-37)24-4-3-5-27(16-24)40-20-22-6-7-28-25(15-22)17-35(2)32(28)39/h3-9,11-12,15-16,19,21,26,41H,10,13-14,17-18,20H2,1-2H3/t21-,26+/m1/s1. The lowest BCUT2D eigenvalue weighted by molar-refractivity contribution is -0.131. The number of thiol groups is 1. The van der Waals surface area contributed by atoms with Crippen LogP contribution in [0.25, 0.3) is 22.4 Å². The Balaban J connectivity index is 1.26. The maximum atomic E-state index is 12.6. The first-order valence-electron chi connectivity index (χ1n) is 13.9. The van der Waals surface area contributed by atoms with Crippen molar-refractivity contribution in [3.8, 4) is 28.1 Å². The fourth-order valence-electron chi connectivity index (χ4n) is 5.82. The molecule has 6 rings (SSSR count). The van der Waals surface area contributed by atoms with E-state index in [0.29, 0.717) is 31.9 Å². The minimum absolute atomic E-state index is 0.0636. The molecule has 0 aliphatic carbocycles. The molecule has 4 heterocycles. The smallest absolute Gasteiger partial charge is 0.254 e. The highest BCUT2D eigenvalue weighted by molar-refractivity contribution is 7.80. The lowest BCUT2D eigenvalue weighted by Gasteiger charge is -2.20. The molecule has 0 unspecified atom stereocenters. The predicted molar refractivity (Wildman–Crippen MR) is 161 cm³/mol. The maximum Gasteiger partial charge on any atom is 0.254 e. The minimum atomic E-state index is 0.0636. The van der Waals surface area contributed by atoms with Crippen molar-refractivity contribution in [2.75, 3.05) is 19.3 Å². The number of pyridine rings is 1. The Hall–Kier alpha value is -4.11. The van der Waals surface area contributed by atoms with Crippen molar-refractivity contribution in [1.29, 1.82) is 0 Å². The number of hydrogen-bond donors (Lipinski definition) is 1. The first kappa shape index (κ1) is 27.1. The number of benzene rings is 2. The Labute approximate surface area is 245 Å². The Morgan fingerprint density at radius 1 is 1.07 bits per heavy atom. The summed E-state index contributed by atoms with van der Waals surface area (Å²) in [4.78, 5) is 32.7. The highest BCUT2D eigenvalue weighted by atomic mass is 32.1. The van der Waals surface area contributed by atoms with Crippen molar-refractivity contribution in [2.24, 2.45) is 0 Å². The van der Waals surface area contributed by atoms with Crippen LogP contribution in [0.1, 0.15) is 47.3 Å². The van der Waals surface area contributed by atoms with Crippen LogP contribution in [0, 0.1) is 0 Å². The van der Waals surface area contributed by atoms with Gasteiger partial charge in [0.15, 0.2) is 0 Å². The van der Waals surface area contributed by atoms with E-state index in [1.54, 1.807) is 17.3 Å². The second-order valence-corrected chi connectivity index (χ2v) is 11.3. The normalized spacial score (nSPS) is 18.2. The zero-order valence-corrected chi connectivity index (χ0v) is 24.1. The minimum Gasteiger partial charge on any atom is -0.489 e. The van der Waals surface area contributed by atoms with E-state index >= 15 is 0 Å². The first-order valence-corrected chi connectivity index (χ1v) is 14.5. The number of aromatic nitrogens is 3. The molecule has 210 valence electrons. The summed E-state index contributed by atoms with van der Waals surface area (Å²) < 4.78 is 8.22. The van der Waals surface area contributed by atoms with Gasteiger partial charge in [0.1, 0.15) is 18.1 Å². The summed E-state index contributed by atoms with van der Waals surface area (Å²) in [6.07, 6.45) is 6.95. The van der Waals surface area contributed by atoms with E-state index in [-0.39, 0.29) is 23.9 Å². The van der Waals surface area contributed by atoms with Gasteiger partial charge >= 0.3 is 0 Å². The van der Waals surface area contributed by atoms with Crippen LogP contribution in [0.4, 0.5) is 0 Å². The number of amides is 2. The molecule has 1 saturated heterocycles. The summed E-state index contributed by atoms with van der Waals surface area (Å²) in [5, 5.41) is 5.08. The summed E-state index contributed by atoms with van der Waals surface area (Å²) in [7, 11) is 1.82. The molecule has 0 saturated carbocycles. The molecular formula is C32H33N5O3S. The predicted octanol–water partition coefficient (Wildman–Crippen LogP) is 5.26. The largest absolute Gasteiger partial charge is 0.489 e. The summed E-state index contributed by atoms with van der Waals surface area (Å²) in [5.74, 6) is 1.49. The van der Waals surface area contributed by atoms with E-state index < -0.39 is 0 Å².